The van der Waals surface area contributed by atoms with E-state index in [1.807, 2.05) is 0 Å². The van der Waals surface area contributed by atoms with Crippen LogP contribution in [0.4, 0.5) is 26.1 Å². The Morgan fingerprint density at radius 3 is 2.73 bits per heavy atom. The highest BCUT2D eigenvalue weighted by molar-refractivity contribution is 5.88. The first kappa shape index (κ1) is 21.8. The number of carbonyl (C=O) groups is 1. The van der Waals surface area contributed by atoms with E-state index in [9.17, 15) is 13.6 Å². The molecule has 3 heterocycles. The van der Waals surface area contributed by atoms with Gasteiger partial charge in [0.2, 0.25) is 11.7 Å². The number of hydrogen-bond donors (Lipinski definition) is 2. The second-order valence-electron chi connectivity index (χ2n) is 7.71. The van der Waals surface area contributed by atoms with Gasteiger partial charge < -0.3 is 20.3 Å². The minimum atomic E-state index is -3.17. The predicted molar refractivity (Wildman–Crippen MR) is 109 cm³/mol. The van der Waals surface area contributed by atoms with Crippen LogP contribution in [0.2, 0.25) is 0 Å². The third kappa shape index (κ3) is 5.82. The molecule has 0 saturated carbocycles. The van der Waals surface area contributed by atoms with E-state index in [1.165, 1.54) is 13.1 Å². The van der Waals surface area contributed by atoms with Gasteiger partial charge in [-0.3, -0.25) is 4.79 Å². The van der Waals surface area contributed by atoms with E-state index in [4.69, 9.17) is 4.74 Å². The molecule has 1 amide bonds. The Labute approximate surface area is 174 Å². The number of ether oxygens (including phenoxy) is 1. The molecule has 0 spiro atoms. The third-order valence-corrected chi connectivity index (χ3v) is 4.64. The van der Waals surface area contributed by atoms with Crippen LogP contribution < -0.4 is 15.4 Å². The molecule has 3 rings (SSSR count). The Morgan fingerprint density at radius 2 is 2.10 bits per heavy atom. The molecule has 1 fully saturated rings. The second kappa shape index (κ2) is 8.86. The van der Waals surface area contributed by atoms with E-state index >= 15 is 0 Å². The summed E-state index contributed by atoms with van der Waals surface area (Å²) in [5.74, 6) is -2.67. The quantitative estimate of drug-likeness (QED) is 0.710. The molecule has 8 nitrogen and oxygen atoms in total. The summed E-state index contributed by atoms with van der Waals surface area (Å²) in [6.45, 7) is 6.21. The number of likely N-dealkylation sites (tertiary alicyclic amines) is 1. The van der Waals surface area contributed by atoms with Gasteiger partial charge >= 0.3 is 5.92 Å². The van der Waals surface area contributed by atoms with Gasteiger partial charge in [-0.25, -0.2) is 15.0 Å². The van der Waals surface area contributed by atoms with E-state index in [0.717, 1.165) is 26.4 Å². The number of nitrogens with one attached hydrogen (secondary N) is 2. The van der Waals surface area contributed by atoms with Crippen molar-refractivity contribution in [2.45, 2.75) is 33.1 Å². The number of pyridine rings is 1. The van der Waals surface area contributed by atoms with Gasteiger partial charge in [0.05, 0.1) is 18.5 Å². The van der Waals surface area contributed by atoms with E-state index < -0.39 is 11.7 Å². The van der Waals surface area contributed by atoms with Crippen molar-refractivity contribution in [2.75, 3.05) is 37.4 Å². The second-order valence-corrected chi connectivity index (χ2v) is 7.71. The first-order chi connectivity index (χ1) is 14.1. The molecule has 2 aromatic rings. The van der Waals surface area contributed by atoms with Crippen LogP contribution in [0, 0.1) is 12.8 Å². The topological polar surface area (TPSA) is 92.3 Å². The number of halogens is 2. The van der Waals surface area contributed by atoms with Crippen LogP contribution in [0.3, 0.4) is 0 Å². The minimum absolute atomic E-state index is 0.199. The summed E-state index contributed by atoms with van der Waals surface area (Å²) in [4.78, 5) is 25.6. The molecule has 1 atom stereocenters. The predicted octanol–water partition coefficient (Wildman–Crippen LogP) is 3.32. The summed E-state index contributed by atoms with van der Waals surface area (Å²) in [6, 6.07) is 3.14. The Kier molecular flexibility index (Phi) is 6.45. The molecular formula is C20H26F2N6O2. The molecule has 1 saturated heterocycles. The lowest BCUT2D eigenvalue weighted by molar-refractivity contribution is -0.114. The fourth-order valence-corrected chi connectivity index (χ4v) is 3.24. The highest BCUT2D eigenvalue weighted by Gasteiger charge is 2.29. The Hall–Kier alpha value is -2.88. The molecule has 0 unspecified atom stereocenters. The normalized spacial score (nSPS) is 17.1. The zero-order chi connectivity index (χ0) is 21.9. The smallest absolute Gasteiger partial charge is 0.303 e. The SMILES string of the molecule is CC(=O)Nc1cc(Nc2cc(C)nc(C(C)(F)F)n2)c(OC[C@@H]2CCN(C)C2)cn1. The van der Waals surface area contributed by atoms with Gasteiger partial charge in [-0.2, -0.15) is 8.78 Å². The summed E-state index contributed by atoms with van der Waals surface area (Å²) in [6.07, 6.45) is 2.53. The van der Waals surface area contributed by atoms with Gasteiger partial charge in [0.15, 0.2) is 5.75 Å². The maximum Gasteiger partial charge on any atom is 0.303 e. The van der Waals surface area contributed by atoms with Crippen LogP contribution in [-0.2, 0) is 10.7 Å². The molecule has 30 heavy (non-hydrogen) atoms. The fraction of sp³-hybridized carbons (Fsp3) is 0.500. The first-order valence-corrected chi connectivity index (χ1v) is 9.70. The lowest BCUT2D eigenvalue weighted by Crippen LogP contribution is -2.18. The molecule has 0 aliphatic carbocycles. The molecule has 0 bridgehead atoms. The van der Waals surface area contributed by atoms with Crippen LogP contribution in [-0.4, -0.2) is 52.5 Å². The summed E-state index contributed by atoms with van der Waals surface area (Å²) >= 11 is 0. The lowest BCUT2D eigenvalue weighted by atomic mass is 10.1. The van der Waals surface area contributed by atoms with Crippen molar-refractivity contribution >= 4 is 23.2 Å². The summed E-state index contributed by atoms with van der Waals surface area (Å²) in [5.41, 5.74) is 0.861. The van der Waals surface area contributed by atoms with Gasteiger partial charge in [-0.1, -0.05) is 0 Å². The van der Waals surface area contributed by atoms with E-state index in [1.54, 1.807) is 19.1 Å². The average Bonchev–Trinajstić information content (AvgIpc) is 3.04. The van der Waals surface area contributed by atoms with E-state index in [0.29, 0.717) is 35.5 Å². The number of rotatable bonds is 7. The largest absolute Gasteiger partial charge is 0.489 e. The van der Waals surface area contributed by atoms with Crippen molar-refractivity contribution in [2.24, 2.45) is 5.92 Å². The number of nitrogens with zero attached hydrogens (tertiary/aromatic N) is 4. The van der Waals surface area contributed by atoms with E-state index in [2.05, 4.69) is 37.5 Å². The van der Waals surface area contributed by atoms with Crippen LogP contribution in [0.25, 0.3) is 0 Å². The number of alkyl halides is 2. The molecule has 10 heteroatoms. The Bertz CT molecular complexity index is 919. The zero-order valence-corrected chi connectivity index (χ0v) is 17.5. The number of anilines is 3. The lowest BCUT2D eigenvalue weighted by Gasteiger charge is -2.17. The van der Waals surface area contributed by atoms with Crippen molar-refractivity contribution in [1.29, 1.82) is 0 Å². The maximum absolute atomic E-state index is 13.7. The average molecular weight is 420 g/mol. The first-order valence-electron chi connectivity index (χ1n) is 9.70. The molecular weight excluding hydrogens is 394 g/mol. The molecule has 1 aliphatic rings. The minimum Gasteiger partial charge on any atom is -0.489 e. The van der Waals surface area contributed by atoms with Gasteiger partial charge in [0.1, 0.15) is 11.6 Å². The van der Waals surface area contributed by atoms with Crippen molar-refractivity contribution in [1.82, 2.24) is 19.9 Å². The van der Waals surface area contributed by atoms with Gasteiger partial charge in [0, 0.05) is 44.1 Å². The van der Waals surface area contributed by atoms with Gasteiger partial charge in [-0.15, -0.1) is 0 Å². The Morgan fingerprint density at radius 1 is 1.33 bits per heavy atom. The monoisotopic (exact) mass is 420 g/mol. The number of carbonyl (C=O) groups excluding carboxylic acids is 1. The molecule has 2 N–H and O–H groups in total. The van der Waals surface area contributed by atoms with Crippen LogP contribution >= 0.6 is 0 Å². The molecule has 162 valence electrons. The zero-order valence-electron chi connectivity index (χ0n) is 17.5. The van der Waals surface area contributed by atoms with Crippen LogP contribution in [0.15, 0.2) is 18.3 Å². The number of aromatic nitrogens is 3. The number of aryl methyl sites for hydroxylation is 1. The van der Waals surface area contributed by atoms with Crippen molar-refractivity contribution in [3.8, 4) is 5.75 Å². The molecule has 1 aliphatic heterocycles. The highest BCUT2D eigenvalue weighted by atomic mass is 19.3. The summed E-state index contributed by atoms with van der Waals surface area (Å²) in [5, 5.41) is 5.62. The molecule has 0 radical (unpaired) electrons. The third-order valence-electron chi connectivity index (χ3n) is 4.64. The van der Waals surface area contributed by atoms with Gasteiger partial charge in [-0.05, 0) is 26.9 Å². The van der Waals surface area contributed by atoms with Crippen LogP contribution in [0.5, 0.6) is 5.75 Å². The van der Waals surface area contributed by atoms with Gasteiger partial charge in [0.25, 0.3) is 0 Å². The summed E-state index contributed by atoms with van der Waals surface area (Å²) < 4.78 is 33.4. The van der Waals surface area contributed by atoms with Crippen molar-refractivity contribution in [3.05, 3.63) is 29.8 Å². The standard InChI is InChI=1S/C20H26F2N6O2/c1-12-7-18(27-19(24-12)20(3,21)22)26-15-8-17(25-13(2)29)23-9-16(15)30-11-14-5-6-28(4)10-14/h7-9,14H,5-6,10-11H2,1-4H3,(H2,23,24,25,26,27,29)/t14-/m1/s1. The molecule has 0 aromatic carbocycles. The Balaban J connectivity index is 1.86. The molecule has 2 aromatic heterocycles. The van der Waals surface area contributed by atoms with Crippen molar-refractivity contribution < 1.29 is 18.3 Å². The maximum atomic E-state index is 13.7. The summed E-state index contributed by atoms with van der Waals surface area (Å²) in [7, 11) is 2.06. The van der Waals surface area contributed by atoms with Crippen molar-refractivity contribution in [3.63, 3.8) is 0 Å². The fourth-order valence-electron chi connectivity index (χ4n) is 3.24. The van der Waals surface area contributed by atoms with Crippen LogP contribution in [0.1, 0.15) is 31.8 Å². The number of amides is 1. The number of hydrogen-bond acceptors (Lipinski definition) is 7. The highest BCUT2D eigenvalue weighted by Crippen LogP contribution is 2.31. The van der Waals surface area contributed by atoms with E-state index in [-0.39, 0.29) is 11.7 Å².